The standard InChI is InChI=1S/C15H26N2O3/c16-12(8-9-14(18)19)15(20)17-10-4-7-13(17)11-5-2-1-3-6-11/h11-13H,1-10,16H2,(H,18,19). The van der Waals surface area contributed by atoms with Crippen molar-refractivity contribution in [3.63, 3.8) is 0 Å². The number of amides is 1. The second kappa shape index (κ2) is 7.07. The Morgan fingerprint density at radius 1 is 1.15 bits per heavy atom. The average Bonchev–Trinajstić information content (AvgIpc) is 2.94. The molecule has 5 heteroatoms. The van der Waals surface area contributed by atoms with Crippen molar-refractivity contribution in [3.8, 4) is 0 Å². The molecule has 2 atom stereocenters. The molecule has 1 saturated heterocycles. The molecule has 0 radical (unpaired) electrons. The molecule has 2 rings (SSSR count). The quantitative estimate of drug-likeness (QED) is 0.804. The third-order valence-electron chi connectivity index (χ3n) is 4.76. The molecule has 1 saturated carbocycles. The van der Waals surface area contributed by atoms with Gasteiger partial charge in [-0.25, -0.2) is 0 Å². The van der Waals surface area contributed by atoms with Crippen LogP contribution in [0.2, 0.25) is 0 Å². The predicted molar refractivity (Wildman–Crippen MR) is 76.2 cm³/mol. The first-order valence-electron chi connectivity index (χ1n) is 7.87. The molecule has 0 bridgehead atoms. The number of hydrogen-bond donors (Lipinski definition) is 2. The van der Waals surface area contributed by atoms with Gasteiger partial charge in [0.1, 0.15) is 0 Å². The average molecular weight is 282 g/mol. The summed E-state index contributed by atoms with van der Waals surface area (Å²) in [6.07, 6.45) is 8.65. The van der Waals surface area contributed by atoms with Crippen LogP contribution in [0.3, 0.4) is 0 Å². The summed E-state index contributed by atoms with van der Waals surface area (Å²) in [7, 11) is 0. The molecule has 2 aliphatic rings. The molecular formula is C15H26N2O3. The Morgan fingerprint density at radius 3 is 2.50 bits per heavy atom. The number of carboxylic acids is 1. The molecule has 5 nitrogen and oxygen atoms in total. The van der Waals surface area contributed by atoms with Gasteiger partial charge in [0.15, 0.2) is 0 Å². The van der Waals surface area contributed by atoms with Gasteiger partial charge in [0.2, 0.25) is 5.91 Å². The summed E-state index contributed by atoms with van der Waals surface area (Å²) in [5, 5.41) is 8.68. The minimum absolute atomic E-state index is 0.0329. The van der Waals surface area contributed by atoms with Gasteiger partial charge in [-0.3, -0.25) is 9.59 Å². The molecule has 0 aromatic rings. The van der Waals surface area contributed by atoms with E-state index in [1.54, 1.807) is 0 Å². The number of carbonyl (C=O) groups is 2. The van der Waals surface area contributed by atoms with E-state index < -0.39 is 12.0 Å². The molecule has 1 amide bonds. The highest BCUT2D eigenvalue weighted by Crippen LogP contribution is 2.34. The molecule has 114 valence electrons. The van der Waals surface area contributed by atoms with Crippen LogP contribution in [0.1, 0.15) is 57.8 Å². The Labute approximate surface area is 120 Å². The maximum atomic E-state index is 12.4. The molecular weight excluding hydrogens is 256 g/mol. The number of carbonyl (C=O) groups excluding carboxylic acids is 1. The number of nitrogens with zero attached hydrogens (tertiary/aromatic N) is 1. The zero-order chi connectivity index (χ0) is 14.5. The van der Waals surface area contributed by atoms with E-state index in [0.717, 1.165) is 19.4 Å². The number of nitrogens with two attached hydrogens (primary N) is 1. The zero-order valence-electron chi connectivity index (χ0n) is 12.1. The minimum Gasteiger partial charge on any atom is -0.481 e. The van der Waals surface area contributed by atoms with Crippen molar-refractivity contribution in [3.05, 3.63) is 0 Å². The fourth-order valence-corrected chi connectivity index (χ4v) is 3.69. The van der Waals surface area contributed by atoms with Crippen LogP contribution in [-0.2, 0) is 9.59 Å². The van der Waals surface area contributed by atoms with Gasteiger partial charge in [-0.1, -0.05) is 19.3 Å². The van der Waals surface area contributed by atoms with Gasteiger partial charge in [-0.2, -0.15) is 0 Å². The molecule has 3 N–H and O–H groups in total. The lowest BCUT2D eigenvalue weighted by molar-refractivity contribution is -0.138. The summed E-state index contributed by atoms with van der Waals surface area (Å²) in [6.45, 7) is 0.792. The van der Waals surface area contributed by atoms with Gasteiger partial charge in [0.25, 0.3) is 0 Å². The summed E-state index contributed by atoms with van der Waals surface area (Å²) in [5.74, 6) is -0.306. The van der Waals surface area contributed by atoms with Crippen LogP contribution in [0.4, 0.5) is 0 Å². The summed E-state index contributed by atoms with van der Waals surface area (Å²) in [6, 6.07) is -0.311. The number of hydrogen-bond acceptors (Lipinski definition) is 3. The molecule has 0 aromatic carbocycles. The molecule has 2 fully saturated rings. The molecule has 1 aliphatic carbocycles. The smallest absolute Gasteiger partial charge is 0.303 e. The normalized spacial score (nSPS) is 25.6. The van der Waals surface area contributed by atoms with Crippen LogP contribution < -0.4 is 5.73 Å². The number of rotatable bonds is 5. The number of carboxylic acid groups (broad SMARTS) is 1. The van der Waals surface area contributed by atoms with Crippen molar-refractivity contribution >= 4 is 11.9 Å². The fraction of sp³-hybridized carbons (Fsp3) is 0.867. The monoisotopic (exact) mass is 282 g/mol. The van der Waals surface area contributed by atoms with E-state index in [1.807, 2.05) is 4.90 Å². The van der Waals surface area contributed by atoms with Crippen LogP contribution in [0, 0.1) is 5.92 Å². The van der Waals surface area contributed by atoms with Crippen LogP contribution in [0.25, 0.3) is 0 Å². The minimum atomic E-state index is -0.890. The van der Waals surface area contributed by atoms with Gasteiger partial charge < -0.3 is 15.7 Å². The third kappa shape index (κ3) is 3.72. The lowest BCUT2D eigenvalue weighted by Gasteiger charge is -2.35. The lowest BCUT2D eigenvalue weighted by Crippen LogP contribution is -2.48. The molecule has 1 heterocycles. The maximum absolute atomic E-state index is 12.4. The SMILES string of the molecule is NC(CCC(=O)O)C(=O)N1CCCC1C1CCCCC1. The number of likely N-dealkylation sites (tertiary alicyclic amines) is 1. The second-order valence-corrected chi connectivity index (χ2v) is 6.18. The van der Waals surface area contributed by atoms with Crippen molar-refractivity contribution in [1.82, 2.24) is 4.90 Å². The highest BCUT2D eigenvalue weighted by Gasteiger charge is 2.36. The topological polar surface area (TPSA) is 83.6 Å². The highest BCUT2D eigenvalue weighted by atomic mass is 16.4. The third-order valence-corrected chi connectivity index (χ3v) is 4.76. The molecule has 1 aliphatic heterocycles. The van der Waals surface area contributed by atoms with Crippen LogP contribution >= 0.6 is 0 Å². The Kier molecular flexibility index (Phi) is 5.40. The fourth-order valence-electron chi connectivity index (χ4n) is 3.69. The first kappa shape index (κ1) is 15.3. The Bertz CT molecular complexity index is 353. The van der Waals surface area contributed by atoms with Gasteiger partial charge >= 0.3 is 5.97 Å². The van der Waals surface area contributed by atoms with E-state index in [4.69, 9.17) is 10.8 Å². The van der Waals surface area contributed by atoms with E-state index in [-0.39, 0.29) is 18.7 Å². The molecule has 0 spiro atoms. The van der Waals surface area contributed by atoms with E-state index in [1.165, 1.54) is 32.1 Å². The van der Waals surface area contributed by atoms with E-state index in [9.17, 15) is 9.59 Å². The largest absolute Gasteiger partial charge is 0.481 e. The van der Waals surface area contributed by atoms with Gasteiger partial charge in [0.05, 0.1) is 6.04 Å². The van der Waals surface area contributed by atoms with Gasteiger partial charge in [-0.15, -0.1) is 0 Å². The van der Waals surface area contributed by atoms with Crippen molar-refractivity contribution in [2.45, 2.75) is 69.9 Å². The Balaban J connectivity index is 1.91. The number of aliphatic carboxylic acids is 1. The summed E-state index contributed by atoms with van der Waals surface area (Å²) >= 11 is 0. The van der Waals surface area contributed by atoms with Crippen molar-refractivity contribution in [2.75, 3.05) is 6.54 Å². The van der Waals surface area contributed by atoms with Crippen LogP contribution in [0.5, 0.6) is 0 Å². The summed E-state index contributed by atoms with van der Waals surface area (Å²) in [4.78, 5) is 24.9. The Hall–Kier alpha value is -1.10. The van der Waals surface area contributed by atoms with Crippen molar-refractivity contribution in [1.29, 1.82) is 0 Å². The van der Waals surface area contributed by atoms with Crippen molar-refractivity contribution < 1.29 is 14.7 Å². The van der Waals surface area contributed by atoms with E-state index in [0.29, 0.717) is 12.0 Å². The predicted octanol–water partition coefficient (Wildman–Crippen LogP) is 1.75. The lowest BCUT2D eigenvalue weighted by atomic mass is 9.83. The zero-order valence-corrected chi connectivity index (χ0v) is 12.1. The first-order valence-corrected chi connectivity index (χ1v) is 7.87. The van der Waals surface area contributed by atoms with Crippen LogP contribution in [0.15, 0.2) is 0 Å². The molecule has 20 heavy (non-hydrogen) atoms. The summed E-state index contributed by atoms with van der Waals surface area (Å²) in [5.41, 5.74) is 5.88. The molecule has 0 aromatic heterocycles. The van der Waals surface area contributed by atoms with Gasteiger partial charge in [-0.05, 0) is 38.0 Å². The molecule has 2 unspecified atom stereocenters. The first-order chi connectivity index (χ1) is 9.59. The highest BCUT2D eigenvalue weighted by molar-refractivity contribution is 5.82. The second-order valence-electron chi connectivity index (χ2n) is 6.18. The van der Waals surface area contributed by atoms with E-state index in [2.05, 4.69) is 0 Å². The maximum Gasteiger partial charge on any atom is 0.303 e. The summed E-state index contributed by atoms with van der Waals surface area (Å²) < 4.78 is 0. The van der Waals surface area contributed by atoms with Gasteiger partial charge in [0, 0.05) is 19.0 Å². The Morgan fingerprint density at radius 2 is 1.85 bits per heavy atom. The van der Waals surface area contributed by atoms with E-state index >= 15 is 0 Å². The van der Waals surface area contributed by atoms with Crippen LogP contribution in [-0.4, -0.2) is 40.5 Å². The van der Waals surface area contributed by atoms with Crippen molar-refractivity contribution in [2.24, 2.45) is 11.7 Å².